The lowest BCUT2D eigenvalue weighted by Gasteiger charge is -2.28. The summed E-state index contributed by atoms with van der Waals surface area (Å²) < 4.78 is 0. The molecule has 154 valence electrons. The number of fused-ring (bicyclic) bond motifs is 1. The van der Waals surface area contributed by atoms with Gasteiger partial charge in [-0.05, 0) is 36.2 Å². The van der Waals surface area contributed by atoms with E-state index in [0.717, 1.165) is 10.4 Å². The summed E-state index contributed by atoms with van der Waals surface area (Å²) in [5, 5.41) is 12.7. The Morgan fingerprint density at radius 2 is 1.90 bits per heavy atom. The minimum atomic E-state index is -0.791. The van der Waals surface area contributed by atoms with Crippen LogP contribution in [0.4, 0.5) is 5.00 Å². The number of halogens is 1. The smallest absolute Gasteiger partial charge is 0.250 e. The number of benzene rings is 2. The van der Waals surface area contributed by atoms with Gasteiger partial charge in [0.1, 0.15) is 0 Å². The molecule has 0 spiro atoms. The Balaban J connectivity index is 1.55. The fraction of sp³-hybridized carbons (Fsp3) is 0.227. The molecule has 1 aromatic heterocycles. The molecule has 1 aliphatic heterocycles. The van der Waals surface area contributed by atoms with E-state index in [0.29, 0.717) is 52.8 Å². The van der Waals surface area contributed by atoms with Crippen molar-refractivity contribution in [3.8, 4) is 0 Å². The van der Waals surface area contributed by atoms with E-state index in [1.807, 2.05) is 18.2 Å². The van der Waals surface area contributed by atoms with E-state index in [1.54, 1.807) is 36.4 Å². The third-order valence-corrected chi connectivity index (χ3v) is 6.66. The number of hydrogen-bond acceptors (Lipinski definition) is 6. The largest absolute Gasteiger partial charge is 0.390 e. The number of rotatable bonds is 6. The van der Waals surface area contributed by atoms with Crippen molar-refractivity contribution >= 4 is 33.7 Å². The molecular weight excluding hydrogens is 422 g/mol. The van der Waals surface area contributed by atoms with E-state index in [2.05, 4.69) is 4.90 Å². The number of hydrogen-bond donors (Lipinski definition) is 1. The summed E-state index contributed by atoms with van der Waals surface area (Å²) in [4.78, 5) is 27.5. The van der Waals surface area contributed by atoms with Gasteiger partial charge in [-0.15, -0.1) is 11.3 Å². The number of ketones is 1. The molecule has 2 heterocycles. The van der Waals surface area contributed by atoms with Gasteiger partial charge in [-0.25, -0.2) is 0 Å². The molecular formula is C22H20ClN3O3S. The van der Waals surface area contributed by atoms with Gasteiger partial charge in [0.25, 0.3) is 6.04 Å². The summed E-state index contributed by atoms with van der Waals surface area (Å²) in [5.74, 6) is -0.109. The van der Waals surface area contributed by atoms with Crippen LogP contribution in [0, 0.1) is 10.1 Å². The molecule has 4 rings (SSSR count). The van der Waals surface area contributed by atoms with Crippen LogP contribution in [-0.4, -0.2) is 28.7 Å². The SMILES string of the molecule is Nc1sc2c(c1C(=O)c1ccc(Cl)cc1)CCN(CC(c1ccccc1)[N+](=O)[O-])C2. The second kappa shape index (κ2) is 8.55. The van der Waals surface area contributed by atoms with E-state index in [1.165, 1.54) is 11.3 Å². The first kappa shape index (κ1) is 20.5. The molecule has 2 aromatic carbocycles. The zero-order valence-corrected chi connectivity index (χ0v) is 17.7. The van der Waals surface area contributed by atoms with E-state index in [9.17, 15) is 14.9 Å². The number of nitrogens with two attached hydrogens (primary N) is 1. The first-order valence-corrected chi connectivity index (χ1v) is 10.7. The molecule has 2 N–H and O–H groups in total. The average Bonchev–Trinajstić information content (AvgIpc) is 3.07. The minimum absolute atomic E-state index is 0.109. The predicted octanol–water partition coefficient (Wildman–Crippen LogP) is 4.59. The maximum atomic E-state index is 13.0. The quantitative estimate of drug-likeness (QED) is 0.343. The summed E-state index contributed by atoms with van der Waals surface area (Å²) in [6.45, 7) is 1.51. The molecule has 0 bridgehead atoms. The van der Waals surface area contributed by atoms with Gasteiger partial charge in [0.2, 0.25) is 0 Å². The Hall–Kier alpha value is -2.74. The Labute approximate surface area is 183 Å². The number of nitrogen functional groups attached to an aromatic ring is 1. The zero-order chi connectivity index (χ0) is 21.3. The second-order valence-corrected chi connectivity index (χ2v) is 8.85. The molecule has 1 unspecified atom stereocenters. The first-order chi connectivity index (χ1) is 14.4. The first-order valence-electron chi connectivity index (χ1n) is 9.55. The van der Waals surface area contributed by atoms with E-state index in [-0.39, 0.29) is 10.7 Å². The van der Waals surface area contributed by atoms with Gasteiger partial charge in [-0.2, -0.15) is 0 Å². The number of nitrogens with zero attached hydrogens (tertiary/aromatic N) is 2. The molecule has 30 heavy (non-hydrogen) atoms. The standard InChI is InChI=1S/C22H20ClN3O3S/c23-16-8-6-15(7-9-16)21(27)20-17-10-11-25(13-19(17)30-22(20)24)12-18(26(28)29)14-4-2-1-3-5-14/h1-9,18H,10-13,24H2. The van der Waals surface area contributed by atoms with Crippen LogP contribution in [0.1, 0.15) is 38.0 Å². The highest BCUT2D eigenvalue weighted by Crippen LogP contribution is 2.37. The van der Waals surface area contributed by atoms with Crippen molar-refractivity contribution in [1.29, 1.82) is 0 Å². The lowest BCUT2D eigenvalue weighted by atomic mass is 9.96. The van der Waals surface area contributed by atoms with Crippen molar-refractivity contribution in [1.82, 2.24) is 4.90 Å². The molecule has 0 amide bonds. The molecule has 0 saturated carbocycles. The van der Waals surface area contributed by atoms with Gasteiger partial charge >= 0.3 is 0 Å². The highest BCUT2D eigenvalue weighted by atomic mass is 35.5. The average molecular weight is 442 g/mol. The maximum absolute atomic E-state index is 13.0. The van der Waals surface area contributed by atoms with Crippen molar-refractivity contribution in [2.24, 2.45) is 0 Å². The zero-order valence-electron chi connectivity index (χ0n) is 16.1. The third kappa shape index (κ3) is 4.09. The third-order valence-electron chi connectivity index (χ3n) is 5.37. The maximum Gasteiger partial charge on any atom is 0.250 e. The summed E-state index contributed by atoms with van der Waals surface area (Å²) in [6, 6.07) is 15.0. The van der Waals surface area contributed by atoms with Gasteiger partial charge in [0.15, 0.2) is 5.78 Å². The molecule has 1 aliphatic rings. The Kier molecular flexibility index (Phi) is 5.85. The number of anilines is 1. The molecule has 0 fully saturated rings. The molecule has 1 atom stereocenters. The van der Waals surface area contributed by atoms with Gasteiger partial charge in [0.05, 0.1) is 17.1 Å². The van der Waals surface area contributed by atoms with Gasteiger partial charge in [-0.1, -0.05) is 41.9 Å². The van der Waals surface area contributed by atoms with Gasteiger partial charge < -0.3 is 5.73 Å². The van der Waals surface area contributed by atoms with Gasteiger partial charge in [0, 0.05) is 39.0 Å². The van der Waals surface area contributed by atoms with Crippen LogP contribution < -0.4 is 5.73 Å². The van der Waals surface area contributed by atoms with Crippen molar-refractivity contribution in [2.45, 2.75) is 19.0 Å². The highest BCUT2D eigenvalue weighted by molar-refractivity contribution is 7.16. The Morgan fingerprint density at radius 3 is 2.57 bits per heavy atom. The fourth-order valence-electron chi connectivity index (χ4n) is 3.84. The van der Waals surface area contributed by atoms with Crippen LogP contribution in [0.5, 0.6) is 0 Å². The molecule has 3 aromatic rings. The highest BCUT2D eigenvalue weighted by Gasteiger charge is 2.31. The Morgan fingerprint density at radius 1 is 1.20 bits per heavy atom. The molecule has 8 heteroatoms. The predicted molar refractivity (Wildman–Crippen MR) is 119 cm³/mol. The second-order valence-electron chi connectivity index (χ2n) is 7.28. The minimum Gasteiger partial charge on any atom is -0.390 e. The number of thiophene rings is 1. The molecule has 0 saturated heterocycles. The van der Waals surface area contributed by atoms with Crippen LogP contribution in [-0.2, 0) is 13.0 Å². The van der Waals surface area contributed by atoms with E-state index in [4.69, 9.17) is 17.3 Å². The summed E-state index contributed by atoms with van der Waals surface area (Å²) in [5.41, 5.74) is 8.99. The summed E-state index contributed by atoms with van der Waals surface area (Å²) in [6.07, 6.45) is 0.636. The number of carbonyl (C=O) groups is 1. The lowest BCUT2D eigenvalue weighted by Crippen LogP contribution is -2.35. The normalized spacial score (nSPS) is 14.8. The Bertz CT molecular complexity index is 1080. The van der Waals surface area contributed by atoms with Crippen LogP contribution in [0.2, 0.25) is 5.02 Å². The molecule has 0 radical (unpaired) electrons. The molecule has 0 aliphatic carbocycles. The van der Waals surface area contributed by atoms with Crippen LogP contribution >= 0.6 is 22.9 Å². The van der Waals surface area contributed by atoms with Crippen molar-refractivity contribution in [3.63, 3.8) is 0 Å². The van der Waals surface area contributed by atoms with Crippen LogP contribution in [0.25, 0.3) is 0 Å². The summed E-state index contributed by atoms with van der Waals surface area (Å²) in [7, 11) is 0. The monoisotopic (exact) mass is 441 g/mol. The number of nitro groups is 1. The topological polar surface area (TPSA) is 89.5 Å². The van der Waals surface area contributed by atoms with Crippen molar-refractivity contribution in [2.75, 3.05) is 18.8 Å². The van der Waals surface area contributed by atoms with Gasteiger partial charge in [-0.3, -0.25) is 19.8 Å². The lowest BCUT2D eigenvalue weighted by molar-refractivity contribution is -0.529. The van der Waals surface area contributed by atoms with E-state index < -0.39 is 6.04 Å². The molecule has 6 nitrogen and oxygen atoms in total. The van der Waals surface area contributed by atoms with Crippen molar-refractivity contribution < 1.29 is 9.72 Å². The van der Waals surface area contributed by atoms with Crippen LogP contribution in [0.3, 0.4) is 0 Å². The fourth-order valence-corrected chi connectivity index (χ4v) is 5.13. The van der Waals surface area contributed by atoms with Crippen LogP contribution in [0.15, 0.2) is 54.6 Å². The van der Waals surface area contributed by atoms with E-state index >= 15 is 0 Å². The summed E-state index contributed by atoms with van der Waals surface area (Å²) >= 11 is 7.32. The number of carbonyl (C=O) groups excluding carboxylic acids is 1. The van der Waals surface area contributed by atoms with Crippen molar-refractivity contribution in [3.05, 3.63) is 96.9 Å².